The maximum Gasteiger partial charge on any atom is 0.237 e. The monoisotopic (exact) mass is 242 g/mol. The molecule has 0 fully saturated rings. The second kappa shape index (κ2) is 4.71. The van der Waals surface area contributed by atoms with E-state index in [1.807, 2.05) is 0 Å². The third kappa shape index (κ3) is 2.22. The Balaban J connectivity index is 2.33. The van der Waals surface area contributed by atoms with Gasteiger partial charge in [-0.05, 0) is 36.4 Å². The van der Waals surface area contributed by atoms with E-state index in [0.717, 1.165) is 0 Å². The Morgan fingerprint density at radius 3 is 2.00 bits per heavy atom. The Labute approximate surface area is 103 Å². The molecule has 2 aromatic rings. The van der Waals surface area contributed by atoms with Crippen molar-refractivity contribution < 1.29 is 19.8 Å². The van der Waals surface area contributed by atoms with E-state index in [1.54, 1.807) is 12.1 Å². The highest BCUT2D eigenvalue weighted by molar-refractivity contribution is 6.49. The van der Waals surface area contributed by atoms with Gasteiger partial charge in [-0.3, -0.25) is 9.59 Å². The number of phenolic OH excluding ortho intramolecular Hbond substituents is 2. The molecule has 2 N–H and O–H groups in total. The van der Waals surface area contributed by atoms with Crippen molar-refractivity contribution in [3.05, 3.63) is 59.7 Å². The van der Waals surface area contributed by atoms with Crippen LogP contribution in [0.1, 0.15) is 20.7 Å². The molecule has 2 aromatic carbocycles. The van der Waals surface area contributed by atoms with Crippen molar-refractivity contribution in [2.45, 2.75) is 0 Å². The summed E-state index contributed by atoms with van der Waals surface area (Å²) in [4.78, 5) is 23.7. The van der Waals surface area contributed by atoms with Crippen molar-refractivity contribution in [3.8, 4) is 11.5 Å². The molecule has 0 amide bonds. The van der Waals surface area contributed by atoms with Crippen LogP contribution in [0.5, 0.6) is 11.5 Å². The number of carbonyl (C=O) groups is 2. The molecule has 0 atom stereocenters. The summed E-state index contributed by atoms with van der Waals surface area (Å²) in [7, 11) is 0. The zero-order valence-corrected chi connectivity index (χ0v) is 9.33. The van der Waals surface area contributed by atoms with E-state index in [2.05, 4.69) is 0 Å². The fourth-order valence-corrected chi connectivity index (χ4v) is 1.53. The largest absolute Gasteiger partial charge is 0.508 e. The Bertz CT molecular complexity index is 599. The molecule has 2 rings (SSSR count). The van der Waals surface area contributed by atoms with E-state index in [9.17, 15) is 14.7 Å². The van der Waals surface area contributed by atoms with E-state index in [4.69, 9.17) is 5.11 Å². The summed E-state index contributed by atoms with van der Waals surface area (Å²) < 4.78 is 0. The Morgan fingerprint density at radius 1 is 0.778 bits per heavy atom. The van der Waals surface area contributed by atoms with E-state index in [1.165, 1.54) is 36.4 Å². The van der Waals surface area contributed by atoms with Gasteiger partial charge < -0.3 is 10.2 Å². The van der Waals surface area contributed by atoms with Crippen molar-refractivity contribution in [2.24, 2.45) is 0 Å². The van der Waals surface area contributed by atoms with Crippen LogP contribution < -0.4 is 0 Å². The number of hydrogen-bond donors (Lipinski definition) is 2. The summed E-state index contributed by atoms with van der Waals surface area (Å²) in [5.74, 6) is -1.72. The second-order valence-electron chi connectivity index (χ2n) is 3.72. The number of hydrogen-bond acceptors (Lipinski definition) is 4. The van der Waals surface area contributed by atoms with E-state index in [-0.39, 0.29) is 22.6 Å². The van der Waals surface area contributed by atoms with Crippen LogP contribution in [-0.4, -0.2) is 21.8 Å². The number of carbonyl (C=O) groups excluding carboxylic acids is 2. The number of rotatable bonds is 3. The molecule has 0 aliphatic heterocycles. The van der Waals surface area contributed by atoms with E-state index < -0.39 is 11.6 Å². The zero-order valence-electron chi connectivity index (χ0n) is 9.33. The molecular weight excluding hydrogens is 232 g/mol. The molecule has 0 aliphatic carbocycles. The summed E-state index contributed by atoms with van der Waals surface area (Å²) in [6.45, 7) is 0. The van der Waals surface area contributed by atoms with Gasteiger partial charge in [-0.25, -0.2) is 0 Å². The number of benzene rings is 2. The molecule has 0 unspecified atom stereocenters. The number of phenols is 2. The van der Waals surface area contributed by atoms with Gasteiger partial charge in [0.05, 0.1) is 5.56 Å². The smallest absolute Gasteiger partial charge is 0.237 e. The van der Waals surface area contributed by atoms with Crippen LogP contribution in [0.3, 0.4) is 0 Å². The molecule has 18 heavy (non-hydrogen) atoms. The molecule has 0 saturated heterocycles. The van der Waals surface area contributed by atoms with Gasteiger partial charge in [-0.15, -0.1) is 0 Å². The second-order valence-corrected chi connectivity index (χ2v) is 3.72. The van der Waals surface area contributed by atoms with Gasteiger partial charge in [0, 0.05) is 5.56 Å². The zero-order chi connectivity index (χ0) is 13.1. The molecule has 0 radical (unpaired) electrons. The van der Waals surface area contributed by atoms with Crippen LogP contribution in [0.15, 0.2) is 48.5 Å². The van der Waals surface area contributed by atoms with E-state index >= 15 is 0 Å². The quantitative estimate of drug-likeness (QED) is 0.639. The van der Waals surface area contributed by atoms with Crippen LogP contribution >= 0.6 is 0 Å². The highest BCUT2D eigenvalue weighted by Gasteiger charge is 2.20. The Morgan fingerprint density at radius 2 is 1.39 bits per heavy atom. The molecule has 90 valence electrons. The van der Waals surface area contributed by atoms with Crippen LogP contribution in [-0.2, 0) is 0 Å². The fourth-order valence-electron chi connectivity index (χ4n) is 1.53. The lowest BCUT2D eigenvalue weighted by Crippen LogP contribution is -2.14. The molecule has 0 spiro atoms. The van der Waals surface area contributed by atoms with Crippen LogP contribution in [0, 0.1) is 0 Å². The third-order valence-corrected chi connectivity index (χ3v) is 2.48. The highest BCUT2D eigenvalue weighted by atomic mass is 16.3. The lowest BCUT2D eigenvalue weighted by atomic mass is 10.0. The molecule has 0 heterocycles. The van der Waals surface area contributed by atoms with E-state index in [0.29, 0.717) is 0 Å². The van der Waals surface area contributed by atoms with Gasteiger partial charge in [0.15, 0.2) is 0 Å². The Kier molecular flexibility index (Phi) is 3.10. The fraction of sp³-hybridized carbons (Fsp3) is 0. The maximum atomic E-state index is 11.9. The van der Waals surface area contributed by atoms with Gasteiger partial charge in [0.1, 0.15) is 11.5 Å². The standard InChI is InChI=1S/C14H10O4/c15-10-7-5-9(6-8-10)13(17)14(18)11-3-1-2-4-12(11)16/h1-8,15-16H. The number of para-hydroxylation sites is 1. The first kappa shape index (κ1) is 11.9. The average molecular weight is 242 g/mol. The van der Waals surface area contributed by atoms with Crippen LogP contribution in [0.25, 0.3) is 0 Å². The third-order valence-electron chi connectivity index (χ3n) is 2.48. The molecular formula is C14H10O4. The summed E-state index contributed by atoms with van der Waals surface area (Å²) in [5.41, 5.74) is 0.136. The minimum Gasteiger partial charge on any atom is -0.508 e. The predicted molar refractivity (Wildman–Crippen MR) is 64.9 cm³/mol. The predicted octanol–water partition coefficient (Wildman–Crippen LogP) is 2.16. The maximum absolute atomic E-state index is 11.9. The minimum absolute atomic E-state index is 0.0153. The number of ketones is 2. The molecule has 4 nitrogen and oxygen atoms in total. The van der Waals surface area contributed by atoms with Crippen molar-refractivity contribution in [1.29, 1.82) is 0 Å². The first-order valence-electron chi connectivity index (χ1n) is 5.25. The lowest BCUT2D eigenvalue weighted by molar-refractivity contribution is 0.0815. The minimum atomic E-state index is -0.779. The van der Waals surface area contributed by atoms with Crippen molar-refractivity contribution >= 4 is 11.6 Å². The van der Waals surface area contributed by atoms with Crippen molar-refractivity contribution in [3.63, 3.8) is 0 Å². The molecule has 0 aromatic heterocycles. The first-order chi connectivity index (χ1) is 8.59. The topological polar surface area (TPSA) is 74.6 Å². The van der Waals surface area contributed by atoms with Gasteiger partial charge >= 0.3 is 0 Å². The number of Topliss-reactive ketones (excluding diaryl/α,β-unsaturated/α-hetero) is 2. The molecule has 0 saturated carbocycles. The Hall–Kier alpha value is -2.62. The number of aromatic hydroxyl groups is 2. The van der Waals surface area contributed by atoms with Gasteiger partial charge in [-0.2, -0.15) is 0 Å². The SMILES string of the molecule is O=C(C(=O)c1ccccc1O)c1ccc(O)cc1. The lowest BCUT2D eigenvalue weighted by Gasteiger charge is -2.03. The summed E-state index contributed by atoms with van der Waals surface area (Å²) in [6, 6.07) is 11.2. The van der Waals surface area contributed by atoms with Crippen LogP contribution in [0.4, 0.5) is 0 Å². The summed E-state index contributed by atoms with van der Waals surface area (Å²) >= 11 is 0. The normalized spacial score (nSPS) is 10.0. The summed E-state index contributed by atoms with van der Waals surface area (Å²) in [5, 5.41) is 18.6. The highest BCUT2D eigenvalue weighted by Crippen LogP contribution is 2.19. The van der Waals surface area contributed by atoms with Gasteiger partial charge in [0.2, 0.25) is 11.6 Å². The average Bonchev–Trinajstić information content (AvgIpc) is 2.38. The van der Waals surface area contributed by atoms with Crippen molar-refractivity contribution in [2.75, 3.05) is 0 Å². The first-order valence-corrected chi connectivity index (χ1v) is 5.25. The molecule has 0 aliphatic rings. The summed E-state index contributed by atoms with van der Waals surface area (Å²) in [6.07, 6.45) is 0. The molecule has 0 bridgehead atoms. The van der Waals surface area contributed by atoms with Gasteiger partial charge in [-0.1, -0.05) is 12.1 Å². The molecule has 4 heteroatoms. The van der Waals surface area contributed by atoms with Gasteiger partial charge in [0.25, 0.3) is 0 Å². The van der Waals surface area contributed by atoms with Crippen molar-refractivity contribution in [1.82, 2.24) is 0 Å². The van der Waals surface area contributed by atoms with Crippen LogP contribution in [0.2, 0.25) is 0 Å².